The number of anilines is 1. The van der Waals surface area contributed by atoms with Gasteiger partial charge in [-0.25, -0.2) is 0 Å². The molecule has 0 spiro atoms. The fourth-order valence-electron chi connectivity index (χ4n) is 1.87. The lowest BCUT2D eigenvalue weighted by Gasteiger charge is -2.31. The quantitative estimate of drug-likeness (QED) is 0.765. The Balaban J connectivity index is 2.21. The van der Waals surface area contributed by atoms with E-state index in [0.29, 0.717) is 0 Å². The summed E-state index contributed by atoms with van der Waals surface area (Å²) in [5, 5.41) is 0. The minimum Gasteiger partial charge on any atom is -0.335 e. The summed E-state index contributed by atoms with van der Waals surface area (Å²) in [5.41, 5.74) is 2.02. The molecule has 2 rings (SSSR count). The predicted octanol–water partition coefficient (Wildman–Crippen LogP) is 1.05. The van der Waals surface area contributed by atoms with Gasteiger partial charge in [-0.1, -0.05) is 19.1 Å². The smallest absolute Gasteiger partial charge is 0.247 e. The second-order valence-electron chi connectivity index (χ2n) is 4.25. The molecule has 1 aliphatic rings. The lowest BCUT2D eigenvalue weighted by atomic mass is 10.1. The number of nitrogens with zero attached hydrogens (tertiary/aromatic N) is 2. The van der Waals surface area contributed by atoms with Crippen LogP contribution in [0.25, 0.3) is 0 Å². The van der Waals surface area contributed by atoms with Crippen molar-refractivity contribution in [1.29, 1.82) is 0 Å². The maximum absolute atomic E-state index is 11.8. The minimum absolute atomic E-state index is 0.0239. The molecule has 90 valence electrons. The first-order valence-corrected chi connectivity index (χ1v) is 5.75. The Morgan fingerprint density at radius 1 is 1.06 bits per heavy atom. The van der Waals surface area contributed by atoms with Crippen LogP contribution in [-0.2, 0) is 16.0 Å². The Hall–Kier alpha value is -1.84. The molecule has 1 aromatic rings. The molecule has 0 bridgehead atoms. The molecule has 1 saturated heterocycles. The van der Waals surface area contributed by atoms with Crippen LogP contribution < -0.4 is 4.90 Å². The van der Waals surface area contributed by atoms with Gasteiger partial charge >= 0.3 is 0 Å². The molecular formula is C13H16N2O2. The first-order valence-electron chi connectivity index (χ1n) is 5.75. The zero-order valence-electron chi connectivity index (χ0n) is 10.1. The Morgan fingerprint density at radius 3 is 2.29 bits per heavy atom. The average molecular weight is 232 g/mol. The minimum atomic E-state index is -0.0312. The van der Waals surface area contributed by atoms with Gasteiger partial charge in [0.2, 0.25) is 11.8 Å². The van der Waals surface area contributed by atoms with Gasteiger partial charge in [-0.15, -0.1) is 0 Å². The van der Waals surface area contributed by atoms with E-state index in [1.165, 1.54) is 10.5 Å². The second-order valence-corrected chi connectivity index (χ2v) is 4.25. The normalized spacial score (nSPS) is 16.6. The van der Waals surface area contributed by atoms with Crippen LogP contribution in [0.4, 0.5) is 5.69 Å². The maximum atomic E-state index is 11.8. The van der Waals surface area contributed by atoms with E-state index >= 15 is 0 Å². The molecule has 0 unspecified atom stereocenters. The SMILES string of the molecule is CCc1ccc(N2CC(=O)N(C)CC2=O)cc1. The Bertz CT molecular complexity index is 439. The topological polar surface area (TPSA) is 40.6 Å². The van der Waals surface area contributed by atoms with E-state index in [1.54, 1.807) is 11.9 Å². The molecule has 0 radical (unpaired) electrons. The third-order valence-electron chi connectivity index (χ3n) is 3.05. The van der Waals surface area contributed by atoms with Gasteiger partial charge in [0.25, 0.3) is 0 Å². The van der Waals surface area contributed by atoms with E-state index in [2.05, 4.69) is 6.92 Å². The fraction of sp³-hybridized carbons (Fsp3) is 0.385. The van der Waals surface area contributed by atoms with Crippen LogP contribution in [0.2, 0.25) is 0 Å². The van der Waals surface area contributed by atoms with Crippen LogP contribution in [0.3, 0.4) is 0 Å². The molecule has 0 aliphatic carbocycles. The first kappa shape index (κ1) is 11.6. The standard InChI is InChI=1S/C13H16N2O2/c1-3-10-4-6-11(7-5-10)15-9-12(16)14(2)8-13(15)17/h4-7H,3,8-9H2,1-2H3. The van der Waals surface area contributed by atoms with Gasteiger partial charge in [-0.3, -0.25) is 9.59 Å². The first-order chi connectivity index (χ1) is 8.11. The summed E-state index contributed by atoms with van der Waals surface area (Å²) in [5.74, 6) is -0.0551. The number of likely N-dealkylation sites (N-methyl/N-ethyl adjacent to an activating group) is 1. The fourth-order valence-corrected chi connectivity index (χ4v) is 1.87. The number of aryl methyl sites for hydroxylation is 1. The summed E-state index contributed by atoms with van der Waals surface area (Å²) in [4.78, 5) is 26.4. The molecule has 17 heavy (non-hydrogen) atoms. The van der Waals surface area contributed by atoms with Crippen molar-refractivity contribution in [2.24, 2.45) is 0 Å². The number of hydrogen-bond acceptors (Lipinski definition) is 2. The number of piperazine rings is 1. The molecule has 4 nitrogen and oxygen atoms in total. The van der Waals surface area contributed by atoms with Gasteiger partial charge in [-0.2, -0.15) is 0 Å². The van der Waals surface area contributed by atoms with Crippen LogP contribution in [-0.4, -0.2) is 36.9 Å². The van der Waals surface area contributed by atoms with E-state index in [4.69, 9.17) is 0 Å². The lowest BCUT2D eigenvalue weighted by molar-refractivity contribution is -0.136. The van der Waals surface area contributed by atoms with Gasteiger partial charge in [-0.05, 0) is 24.1 Å². The van der Waals surface area contributed by atoms with Crippen molar-refractivity contribution in [2.45, 2.75) is 13.3 Å². The summed E-state index contributed by atoms with van der Waals surface area (Å²) in [6, 6.07) is 7.78. The zero-order chi connectivity index (χ0) is 12.4. The molecule has 2 amide bonds. The highest BCUT2D eigenvalue weighted by Gasteiger charge is 2.28. The molecule has 1 aromatic carbocycles. The van der Waals surface area contributed by atoms with E-state index in [1.807, 2.05) is 24.3 Å². The summed E-state index contributed by atoms with van der Waals surface area (Å²) in [6.45, 7) is 2.38. The molecule has 0 saturated carbocycles. The molecule has 1 heterocycles. The highest BCUT2D eigenvalue weighted by Crippen LogP contribution is 2.18. The van der Waals surface area contributed by atoms with Crippen LogP contribution in [0.1, 0.15) is 12.5 Å². The van der Waals surface area contributed by atoms with Crippen molar-refractivity contribution in [2.75, 3.05) is 25.0 Å². The monoisotopic (exact) mass is 232 g/mol. The van der Waals surface area contributed by atoms with Crippen molar-refractivity contribution in [3.05, 3.63) is 29.8 Å². The third kappa shape index (κ3) is 2.30. The van der Waals surface area contributed by atoms with Gasteiger partial charge in [0.1, 0.15) is 6.54 Å². The molecular weight excluding hydrogens is 216 g/mol. The zero-order valence-corrected chi connectivity index (χ0v) is 10.1. The molecule has 0 atom stereocenters. The summed E-state index contributed by atoms with van der Waals surface area (Å²) >= 11 is 0. The molecule has 0 N–H and O–H groups in total. The van der Waals surface area contributed by atoms with E-state index in [-0.39, 0.29) is 24.9 Å². The predicted molar refractivity (Wildman–Crippen MR) is 65.8 cm³/mol. The largest absolute Gasteiger partial charge is 0.335 e. The van der Waals surface area contributed by atoms with Gasteiger partial charge in [0, 0.05) is 12.7 Å². The van der Waals surface area contributed by atoms with Gasteiger partial charge < -0.3 is 9.80 Å². The van der Waals surface area contributed by atoms with Crippen molar-refractivity contribution in [3.63, 3.8) is 0 Å². The van der Waals surface area contributed by atoms with E-state index in [0.717, 1.165) is 12.1 Å². The third-order valence-corrected chi connectivity index (χ3v) is 3.05. The van der Waals surface area contributed by atoms with E-state index in [9.17, 15) is 9.59 Å². The number of rotatable bonds is 2. The summed E-state index contributed by atoms with van der Waals surface area (Å²) < 4.78 is 0. The Labute approximate surface area is 101 Å². The highest BCUT2D eigenvalue weighted by molar-refractivity contribution is 6.04. The van der Waals surface area contributed by atoms with Crippen molar-refractivity contribution in [3.8, 4) is 0 Å². The highest BCUT2D eigenvalue weighted by atomic mass is 16.2. The van der Waals surface area contributed by atoms with E-state index < -0.39 is 0 Å². The summed E-state index contributed by atoms with van der Waals surface area (Å²) in [6.07, 6.45) is 0.968. The average Bonchev–Trinajstić information content (AvgIpc) is 2.34. The number of hydrogen-bond donors (Lipinski definition) is 0. The summed E-state index contributed by atoms with van der Waals surface area (Å²) in [7, 11) is 1.65. The van der Waals surface area contributed by atoms with Crippen LogP contribution in [0, 0.1) is 0 Å². The van der Waals surface area contributed by atoms with Crippen molar-refractivity contribution in [1.82, 2.24) is 4.90 Å². The number of benzene rings is 1. The molecule has 1 fully saturated rings. The van der Waals surface area contributed by atoms with Gasteiger partial charge in [0.15, 0.2) is 0 Å². The van der Waals surface area contributed by atoms with Crippen molar-refractivity contribution < 1.29 is 9.59 Å². The van der Waals surface area contributed by atoms with Crippen molar-refractivity contribution >= 4 is 17.5 Å². The van der Waals surface area contributed by atoms with Crippen LogP contribution >= 0.6 is 0 Å². The second kappa shape index (κ2) is 4.57. The lowest BCUT2D eigenvalue weighted by Crippen LogP contribution is -2.52. The Morgan fingerprint density at radius 2 is 1.71 bits per heavy atom. The molecule has 4 heteroatoms. The number of amides is 2. The maximum Gasteiger partial charge on any atom is 0.247 e. The number of carbonyl (C=O) groups is 2. The van der Waals surface area contributed by atoms with Crippen LogP contribution in [0.5, 0.6) is 0 Å². The van der Waals surface area contributed by atoms with Gasteiger partial charge in [0.05, 0.1) is 6.54 Å². The molecule has 1 aliphatic heterocycles. The number of carbonyl (C=O) groups excluding carboxylic acids is 2. The van der Waals surface area contributed by atoms with Crippen LogP contribution in [0.15, 0.2) is 24.3 Å². The molecule has 0 aromatic heterocycles. The Kier molecular flexibility index (Phi) is 3.13.